The number of nitrogens with two attached hydrogens (primary N) is 1. The average molecular weight is 420 g/mol. The van der Waals surface area contributed by atoms with Gasteiger partial charge in [0.25, 0.3) is 0 Å². The van der Waals surface area contributed by atoms with E-state index >= 15 is 0 Å². The van der Waals surface area contributed by atoms with Gasteiger partial charge in [-0.25, -0.2) is 22.6 Å². The third kappa shape index (κ3) is 3.82. The molecule has 2 aromatic carbocycles. The molecule has 27 heavy (non-hydrogen) atoms. The van der Waals surface area contributed by atoms with E-state index in [-0.39, 0.29) is 22.0 Å². The zero-order chi connectivity index (χ0) is 20.0. The van der Waals surface area contributed by atoms with Crippen LogP contribution in [0.1, 0.15) is 5.69 Å². The van der Waals surface area contributed by atoms with Crippen LogP contribution in [0, 0.1) is 5.82 Å². The molecule has 0 amide bonds. The number of halogens is 5. The van der Waals surface area contributed by atoms with Crippen molar-refractivity contribution < 1.29 is 26.0 Å². The van der Waals surface area contributed by atoms with Crippen molar-refractivity contribution in [2.75, 3.05) is 0 Å². The third-order valence-corrected chi connectivity index (χ3v) is 4.86. The lowest BCUT2D eigenvalue weighted by atomic mass is 10.1. The Bertz CT molecular complexity index is 1130. The topological polar surface area (TPSA) is 78.0 Å². The van der Waals surface area contributed by atoms with E-state index in [1.54, 1.807) is 0 Å². The molecule has 0 aliphatic carbocycles. The Morgan fingerprint density at radius 3 is 2.33 bits per heavy atom. The fraction of sp³-hybridized carbons (Fsp3) is 0.0625. The van der Waals surface area contributed by atoms with Gasteiger partial charge in [0.1, 0.15) is 10.7 Å². The van der Waals surface area contributed by atoms with Gasteiger partial charge < -0.3 is 0 Å². The minimum absolute atomic E-state index is 0.105. The summed E-state index contributed by atoms with van der Waals surface area (Å²) in [4.78, 5) is -0.420. The Hall–Kier alpha value is -2.43. The summed E-state index contributed by atoms with van der Waals surface area (Å²) in [6, 6.07) is 9.19. The fourth-order valence-electron chi connectivity index (χ4n) is 2.44. The molecule has 0 aliphatic heterocycles. The minimum Gasteiger partial charge on any atom is -0.231 e. The zero-order valence-corrected chi connectivity index (χ0v) is 14.8. The van der Waals surface area contributed by atoms with Crippen LogP contribution in [0.3, 0.4) is 0 Å². The maximum Gasteiger partial charge on any atom is 0.435 e. The number of aromatic nitrogens is 2. The predicted molar refractivity (Wildman–Crippen MR) is 90.3 cm³/mol. The number of alkyl halides is 3. The highest BCUT2D eigenvalue weighted by Crippen LogP contribution is 2.35. The van der Waals surface area contributed by atoms with Gasteiger partial charge in [-0.3, -0.25) is 0 Å². The van der Waals surface area contributed by atoms with Gasteiger partial charge in [-0.1, -0.05) is 23.7 Å². The molecule has 2 N–H and O–H groups in total. The molecule has 0 aliphatic rings. The summed E-state index contributed by atoms with van der Waals surface area (Å²) in [5.41, 5.74) is -1.48. The molecule has 0 fully saturated rings. The normalized spacial score (nSPS) is 12.4. The van der Waals surface area contributed by atoms with E-state index in [4.69, 9.17) is 16.7 Å². The van der Waals surface area contributed by atoms with Gasteiger partial charge in [-0.15, -0.1) is 0 Å². The highest BCUT2D eigenvalue weighted by atomic mass is 35.5. The van der Waals surface area contributed by atoms with Crippen molar-refractivity contribution in [1.29, 1.82) is 0 Å². The zero-order valence-electron chi connectivity index (χ0n) is 13.2. The van der Waals surface area contributed by atoms with Crippen molar-refractivity contribution in [3.05, 3.63) is 65.1 Å². The van der Waals surface area contributed by atoms with Crippen LogP contribution in [0.2, 0.25) is 5.02 Å². The molecule has 0 unspecified atom stereocenters. The lowest BCUT2D eigenvalue weighted by Gasteiger charge is -2.11. The number of hydrogen-bond donors (Lipinski definition) is 1. The van der Waals surface area contributed by atoms with E-state index in [0.717, 1.165) is 22.9 Å². The summed E-state index contributed by atoms with van der Waals surface area (Å²) >= 11 is 5.72. The van der Waals surface area contributed by atoms with Gasteiger partial charge in [-0.05, 0) is 36.4 Å². The van der Waals surface area contributed by atoms with E-state index in [1.165, 1.54) is 24.3 Å². The standard InChI is InChI=1S/C16H10ClF4N3O2S/c17-10-7-9(5-6-11(10)18)13-8-15(16(19,20)21)23-24(13)12-3-1-2-4-14(12)27(22,25)26/h1-8H,(H2,22,25,26). The second-order valence-electron chi connectivity index (χ2n) is 5.47. The lowest BCUT2D eigenvalue weighted by molar-refractivity contribution is -0.141. The molecular formula is C16H10ClF4N3O2S. The fourth-order valence-corrected chi connectivity index (χ4v) is 3.33. The van der Waals surface area contributed by atoms with Gasteiger partial charge in [0.2, 0.25) is 10.0 Å². The van der Waals surface area contributed by atoms with Gasteiger partial charge >= 0.3 is 6.18 Å². The molecular weight excluding hydrogens is 410 g/mol. The second-order valence-corrected chi connectivity index (χ2v) is 7.40. The Morgan fingerprint density at radius 2 is 1.74 bits per heavy atom. The van der Waals surface area contributed by atoms with Crippen LogP contribution < -0.4 is 5.14 Å². The molecule has 0 saturated carbocycles. The van der Waals surface area contributed by atoms with Crippen LogP contribution in [0.25, 0.3) is 16.9 Å². The Morgan fingerprint density at radius 1 is 1.07 bits per heavy atom. The summed E-state index contributed by atoms with van der Waals surface area (Å²) in [6.07, 6.45) is -4.79. The monoisotopic (exact) mass is 419 g/mol. The third-order valence-electron chi connectivity index (χ3n) is 3.62. The van der Waals surface area contributed by atoms with Crippen LogP contribution in [0.5, 0.6) is 0 Å². The number of para-hydroxylation sites is 1. The first-order valence-corrected chi connectivity index (χ1v) is 9.16. The van der Waals surface area contributed by atoms with E-state index in [0.29, 0.717) is 6.07 Å². The molecule has 11 heteroatoms. The van der Waals surface area contributed by atoms with Crippen molar-refractivity contribution in [2.45, 2.75) is 11.1 Å². The molecule has 142 valence electrons. The Kier molecular flexibility index (Phi) is 4.74. The second kappa shape index (κ2) is 6.63. The van der Waals surface area contributed by atoms with Crippen molar-refractivity contribution >= 4 is 21.6 Å². The number of rotatable bonds is 3. The summed E-state index contributed by atoms with van der Waals surface area (Å²) in [6.45, 7) is 0. The first-order chi connectivity index (χ1) is 12.5. The molecule has 1 aromatic heterocycles. The molecule has 0 bridgehead atoms. The number of nitrogens with zero attached hydrogens (tertiary/aromatic N) is 2. The lowest BCUT2D eigenvalue weighted by Crippen LogP contribution is -2.16. The molecule has 1 heterocycles. The molecule has 0 atom stereocenters. The Balaban J connectivity index is 2.34. The molecule has 5 nitrogen and oxygen atoms in total. The van der Waals surface area contributed by atoms with Crippen molar-refractivity contribution in [3.8, 4) is 16.9 Å². The summed E-state index contributed by atoms with van der Waals surface area (Å²) < 4.78 is 77.4. The first kappa shape index (κ1) is 19.3. The van der Waals surface area contributed by atoms with Gasteiger partial charge in [0, 0.05) is 5.56 Å². The number of hydrogen-bond acceptors (Lipinski definition) is 3. The molecule has 3 rings (SSSR count). The van der Waals surface area contributed by atoms with Crippen molar-refractivity contribution in [3.63, 3.8) is 0 Å². The average Bonchev–Trinajstić information content (AvgIpc) is 3.02. The largest absolute Gasteiger partial charge is 0.435 e. The van der Waals surface area contributed by atoms with Crippen molar-refractivity contribution in [1.82, 2.24) is 9.78 Å². The van der Waals surface area contributed by atoms with Gasteiger partial charge in [-0.2, -0.15) is 18.3 Å². The number of benzene rings is 2. The first-order valence-electron chi connectivity index (χ1n) is 7.23. The van der Waals surface area contributed by atoms with Crippen LogP contribution >= 0.6 is 11.6 Å². The summed E-state index contributed by atoms with van der Waals surface area (Å²) in [5, 5.41) is 8.34. The van der Waals surface area contributed by atoms with Gasteiger partial charge in [0.15, 0.2) is 5.69 Å². The van der Waals surface area contributed by atoms with Crippen molar-refractivity contribution in [2.24, 2.45) is 5.14 Å². The van der Waals surface area contributed by atoms with E-state index < -0.39 is 32.6 Å². The predicted octanol–water partition coefficient (Wildman–Crippen LogP) is 4.00. The summed E-state index contributed by atoms with van der Waals surface area (Å²) in [5.74, 6) is -0.757. The number of primary sulfonamides is 1. The number of sulfonamides is 1. The molecule has 0 spiro atoms. The highest BCUT2D eigenvalue weighted by molar-refractivity contribution is 7.89. The molecule has 0 radical (unpaired) electrons. The van der Waals surface area contributed by atoms with Crippen LogP contribution in [0.15, 0.2) is 53.4 Å². The van der Waals surface area contributed by atoms with Crippen LogP contribution in [-0.2, 0) is 16.2 Å². The Labute approximate surface area is 156 Å². The van der Waals surface area contributed by atoms with Gasteiger partial charge in [0.05, 0.1) is 16.4 Å². The summed E-state index contributed by atoms with van der Waals surface area (Å²) in [7, 11) is -4.25. The molecule has 3 aromatic rings. The smallest absolute Gasteiger partial charge is 0.231 e. The molecule has 0 saturated heterocycles. The van der Waals surface area contributed by atoms with Crippen LogP contribution in [0.4, 0.5) is 17.6 Å². The van der Waals surface area contributed by atoms with Crippen LogP contribution in [-0.4, -0.2) is 18.2 Å². The van der Waals surface area contributed by atoms with E-state index in [9.17, 15) is 26.0 Å². The minimum atomic E-state index is -4.79. The maximum atomic E-state index is 13.4. The van der Waals surface area contributed by atoms with E-state index in [2.05, 4.69) is 5.10 Å². The van der Waals surface area contributed by atoms with E-state index in [1.807, 2.05) is 0 Å². The maximum absolute atomic E-state index is 13.4. The SMILES string of the molecule is NS(=O)(=O)c1ccccc1-n1nc(C(F)(F)F)cc1-c1ccc(F)c(Cl)c1. The quantitative estimate of drug-likeness (QED) is 0.652. The highest BCUT2D eigenvalue weighted by Gasteiger charge is 2.36.